The van der Waals surface area contributed by atoms with Crippen LogP contribution in [0.25, 0.3) is 0 Å². The fraction of sp³-hybridized carbons (Fsp3) is 0.538. The van der Waals surface area contributed by atoms with Gasteiger partial charge in [-0.1, -0.05) is 6.92 Å². The molecule has 0 aromatic heterocycles. The van der Waals surface area contributed by atoms with Gasteiger partial charge in [-0.2, -0.15) is 0 Å². The summed E-state index contributed by atoms with van der Waals surface area (Å²) in [5.74, 6) is 0.552. The quantitative estimate of drug-likeness (QED) is 0.803. The van der Waals surface area contributed by atoms with Gasteiger partial charge in [0.05, 0.1) is 6.61 Å². The van der Waals surface area contributed by atoms with Crippen molar-refractivity contribution in [3.8, 4) is 5.75 Å². The molecular formula is C13H20FNO. The average Bonchev–Trinajstić information content (AvgIpc) is 2.22. The van der Waals surface area contributed by atoms with Gasteiger partial charge < -0.3 is 10.1 Å². The van der Waals surface area contributed by atoms with E-state index < -0.39 is 0 Å². The second kappa shape index (κ2) is 6.48. The number of hydrogen-bond acceptors (Lipinski definition) is 2. The summed E-state index contributed by atoms with van der Waals surface area (Å²) in [7, 11) is 0. The van der Waals surface area contributed by atoms with E-state index in [9.17, 15) is 4.39 Å². The Morgan fingerprint density at radius 2 is 2.19 bits per heavy atom. The third-order valence-electron chi connectivity index (χ3n) is 2.50. The Bertz CT molecular complexity index is 328. The fourth-order valence-electron chi connectivity index (χ4n) is 1.57. The number of nitrogens with one attached hydrogen (secondary N) is 1. The zero-order valence-corrected chi connectivity index (χ0v) is 10.2. The molecule has 0 fully saturated rings. The van der Waals surface area contributed by atoms with E-state index in [1.807, 2.05) is 6.92 Å². The van der Waals surface area contributed by atoms with Crippen LogP contribution >= 0.6 is 0 Å². The van der Waals surface area contributed by atoms with Crippen molar-refractivity contribution in [1.82, 2.24) is 5.32 Å². The van der Waals surface area contributed by atoms with Crippen molar-refractivity contribution in [1.29, 1.82) is 0 Å². The first kappa shape index (κ1) is 13.0. The lowest BCUT2D eigenvalue weighted by Crippen LogP contribution is -2.27. The maximum Gasteiger partial charge on any atom is 0.123 e. The maximum absolute atomic E-state index is 12.8. The van der Waals surface area contributed by atoms with Crippen LogP contribution in [0.5, 0.6) is 5.75 Å². The molecule has 0 heterocycles. The summed E-state index contributed by atoms with van der Waals surface area (Å²) in [6, 6.07) is 5.05. The van der Waals surface area contributed by atoms with Crippen LogP contribution in [0.4, 0.5) is 4.39 Å². The molecular weight excluding hydrogens is 205 g/mol. The van der Waals surface area contributed by atoms with E-state index in [0.29, 0.717) is 12.6 Å². The molecule has 0 bridgehead atoms. The molecule has 1 aromatic carbocycles. The summed E-state index contributed by atoms with van der Waals surface area (Å²) in [4.78, 5) is 0. The van der Waals surface area contributed by atoms with Crippen molar-refractivity contribution in [3.63, 3.8) is 0 Å². The minimum atomic E-state index is -0.217. The van der Waals surface area contributed by atoms with E-state index in [0.717, 1.165) is 24.3 Å². The lowest BCUT2D eigenvalue weighted by Gasteiger charge is -2.13. The normalized spacial score (nSPS) is 12.5. The smallest absolute Gasteiger partial charge is 0.123 e. The predicted molar refractivity (Wildman–Crippen MR) is 64.4 cm³/mol. The van der Waals surface area contributed by atoms with Gasteiger partial charge in [-0.25, -0.2) is 4.39 Å². The maximum atomic E-state index is 12.8. The summed E-state index contributed by atoms with van der Waals surface area (Å²) in [6.07, 6.45) is 0.949. The molecule has 2 nitrogen and oxygen atoms in total. The van der Waals surface area contributed by atoms with E-state index in [1.54, 1.807) is 6.07 Å². The number of benzene rings is 1. The van der Waals surface area contributed by atoms with Crippen molar-refractivity contribution >= 4 is 0 Å². The predicted octanol–water partition coefficient (Wildman–Crippen LogP) is 2.90. The molecule has 90 valence electrons. The molecule has 0 saturated heterocycles. The molecule has 1 atom stereocenters. The average molecular weight is 225 g/mol. The third kappa shape index (κ3) is 4.19. The first-order valence-corrected chi connectivity index (χ1v) is 5.75. The highest BCUT2D eigenvalue weighted by atomic mass is 19.1. The molecule has 1 rings (SSSR count). The van der Waals surface area contributed by atoms with Crippen LogP contribution in [-0.4, -0.2) is 19.2 Å². The zero-order chi connectivity index (χ0) is 12.0. The van der Waals surface area contributed by atoms with Crippen LogP contribution < -0.4 is 10.1 Å². The van der Waals surface area contributed by atoms with Gasteiger partial charge in [0, 0.05) is 6.04 Å². The topological polar surface area (TPSA) is 21.3 Å². The molecule has 0 saturated carbocycles. The molecule has 1 aromatic rings. The highest BCUT2D eigenvalue weighted by molar-refractivity contribution is 5.32. The van der Waals surface area contributed by atoms with Gasteiger partial charge in [0.25, 0.3) is 0 Å². The van der Waals surface area contributed by atoms with Crippen molar-refractivity contribution in [2.45, 2.75) is 33.2 Å². The van der Waals surface area contributed by atoms with Gasteiger partial charge in [-0.3, -0.25) is 0 Å². The van der Waals surface area contributed by atoms with Crippen molar-refractivity contribution in [3.05, 3.63) is 29.6 Å². The van der Waals surface area contributed by atoms with Crippen LogP contribution in [0.3, 0.4) is 0 Å². The van der Waals surface area contributed by atoms with Crippen molar-refractivity contribution in [2.24, 2.45) is 0 Å². The van der Waals surface area contributed by atoms with E-state index >= 15 is 0 Å². The molecule has 0 spiro atoms. The summed E-state index contributed by atoms with van der Waals surface area (Å²) in [6.45, 7) is 7.69. The Hall–Kier alpha value is -1.09. The van der Waals surface area contributed by atoms with Crippen LogP contribution in [-0.2, 0) is 0 Å². The molecule has 0 radical (unpaired) electrons. The largest absolute Gasteiger partial charge is 0.493 e. The highest BCUT2D eigenvalue weighted by Gasteiger charge is 2.03. The molecule has 3 heteroatoms. The molecule has 0 aliphatic rings. The number of hydrogen-bond donors (Lipinski definition) is 1. The van der Waals surface area contributed by atoms with Gasteiger partial charge >= 0.3 is 0 Å². The second-order valence-electron chi connectivity index (χ2n) is 4.01. The number of aryl methyl sites for hydroxylation is 1. The van der Waals surface area contributed by atoms with Gasteiger partial charge in [-0.05, 0) is 50.6 Å². The highest BCUT2D eigenvalue weighted by Crippen LogP contribution is 2.18. The SMILES string of the molecule is CCNC(C)CCOc1ccc(F)cc1C. The molecule has 16 heavy (non-hydrogen) atoms. The van der Waals surface area contributed by atoms with E-state index in [1.165, 1.54) is 12.1 Å². The molecule has 0 aliphatic heterocycles. The van der Waals surface area contributed by atoms with Gasteiger partial charge in [-0.15, -0.1) is 0 Å². The van der Waals surface area contributed by atoms with Crippen LogP contribution in [0.2, 0.25) is 0 Å². The Labute approximate surface area is 96.8 Å². The second-order valence-corrected chi connectivity index (χ2v) is 4.01. The Balaban J connectivity index is 2.37. The van der Waals surface area contributed by atoms with Crippen LogP contribution in [0, 0.1) is 12.7 Å². The molecule has 0 aliphatic carbocycles. The van der Waals surface area contributed by atoms with E-state index in [-0.39, 0.29) is 5.82 Å². The Kier molecular flexibility index (Phi) is 5.26. The Morgan fingerprint density at radius 3 is 2.81 bits per heavy atom. The standard InChI is InChI=1S/C13H20FNO/c1-4-15-11(3)7-8-16-13-6-5-12(14)9-10(13)2/h5-6,9,11,15H,4,7-8H2,1-3H3. The van der Waals surface area contributed by atoms with Gasteiger partial charge in [0.15, 0.2) is 0 Å². The zero-order valence-electron chi connectivity index (χ0n) is 10.2. The molecule has 1 N–H and O–H groups in total. The lowest BCUT2D eigenvalue weighted by molar-refractivity contribution is 0.289. The first-order valence-electron chi connectivity index (χ1n) is 5.75. The van der Waals surface area contributed by atoms with Crippen molar-refractivity contribution < 1.29 is 9.13 Å². The van der Waals surface area contributed by atoms with Gasteiger partial charge in [0.2, 0.25) is 0 Å². The van der Waals surface area contributed by atoms with E-state index in [2.05, 4.69) is 19.2 Å². The number of halogens is 1. The minimum absolute atomic E-state index is 0.217. The summed E-state index contributed by atoms with van der Waals surface area (Å²) >= 11 is 0. The molecule has 0 amide bonds. The van der Waals surface area contributed by atoms with Crippen LogP contribution in [0.15, 0.2) is 18.2 Å². The summed E-state index contributed by atoms with van der Waals surface area (Å²) in [5, 5.41) is 3.32. The lowest BCUT2D eigenvalue weighted by atomic mass is 10.2. The van der Waals surface area contributed by atoms with E-state index in [4.69, 9.17) is 4.74 Å². The Morgan fingerprint density at radius 1 is 1.44 bits per heavy atom. The first-order chi connectivity index (χ1) is 7.63. The number of rotatable bonds is 6. The van der Waals surface area contributed by atoms with Crippen LogP contribution in [0.1, 0.15) is 25.8 Å². The summed E-state index contributed by atoms with van der Waals surface area (Å²) in [5.41, 5.74) is 0.844. The number of ether oxygens (including phenoxy) is 1. The monoisotopic (exact) mass is 225 g/mol. The third-order valence-corrected chi connectivity index (χ3v) is 2.50. The summed E-state index contributed by atoms with van der Waals surface area (Å²) < 4.78 is 18.4. The van der Waals surface area contributed by atoms with Gasteiger partial charge in [0.1, 0.15) is 11.6 Å². The minimum Gasteiger partial charge on any atom is -0.493 e. The molecule has 1 unspecified atom stereocenters. The van der Waals surface area contributed by atoms with Crippen molar-refractivity contribution in [2.75, 3.05) is 13.2 Å². The fourth-order valence-corrected chi connectivity index (χ4v) is 1.57.